The van der Waals surface area contributed by atoms with E-state index in [-0.39, 0.29) is 18.7 Å². The highest BCUT2D eigenvalue weighted by Gasteiger charge is 2.33. The number of rotatable bonds is 9. The molecule has 0 heterocycles. The predicted molar refractivity (Wildman–Crippen MR) is 91.5 cm³/mol. The van der Waals surface area contributed by atoms with Crippen LogP contribution in [0.1, 0.15) is 38.7 Å². The zero-order chi connectivity index (χ0) is 19.9. The van der Waals surface area contributed by atoms with Gasteiger partial charge in [-0.05, 0) is 12.5 Å². The van der Waals surface area contributed by atoms with E-state index in [2.05, 4.69) is 5.32 Å². The molecule has 26 heavy (non-hydrogen) atoms. The van der Waals surface area contributed by atoms with Crippen LogP contribution in [0.5, 0.6) is 0 Å². The lowest BCUT2D eigenvalue weighted by Gasteiger charge is -2.25. The molecular formula is C17H22N2O7. The molecule has 0 saturated carbocycles. The Kier molecular flexibility index (Phi) is 7.70. The van der Waals surface area contributed by atoms with Crippen LogP contribution < -0.4 is 5.32 Å². The molecule has 9 nitrogen and oxygen atoms in total. The van der Waals surface area contributed by atoms with Gasteiger partial charge in [0.1, 0.15) is 6.04 Å². The molecule has 9 heteroatoms. The number of carbonyl (C=O) groups excluding carboxylic acids is 2. The van der Waals surface area contributed by atoms with Crippen LogP contribution in [0.4, 0.5) is 5.69 Å². The molecule has 142 valence electrons. The van der Waals surface area contributed by atoms with Crippen molar-refractivity contribution in [2.45, 2.75) is 39.2 Å². The Labute approximate surface area is 150 Å². The number of carboxylic acid groups (broad SMARTS) is 1. The molecule has 1 rings (SSSR count). The number of carboxylic acids is 1. The Morgan fingerprint density at radius 3 is 2.23 bits per heavy atom. The SMILES string of the molecule is CCOC(=O)C[C@@H](c1ccc([N+](=O)[O-])cc1)[C@@H](NC(=O)C(C)C)C(=O)O. The molecule has 0 unspecified atom stereocenters. The molecule has 0 saturated heterocycles. The van der Waals surface area contributed by atoms with Crippen molar-refractivity contribution in [2.24, 2.45) is 5.92 Å². The lowest BCUT2D eigenvalue weighted by Crippen LogP contribution is -2.47. The van der Waals surface area contributed by atoms with Gasteiger partial charge >= 0.3 is 11.9 Å². The molecule has 1 amide bonds. The number of nitro benzene ring substituents is 1. The summed E-state index contributed by atoms with van der Waals surface area (Å²) in [6, 6.07) is 3.81. The van der Waals surface area contributed by atoms with Crippen molar-refractivity contribution in [3.8, 4) is 0 Å². The lowest BCUT2D eigenvalue weighted by atomic mass is 9.88. The van der Waals surface area contributed by atoms with E-state index in [0.717, 1.165) is 0 Å². The molecule has 2 N–H and O–H groups in total. The first-order chi connectivity index (χ1) is 12.2. The van der Waals surface area contributed by atoms with Crippen LogP contribution in [0.15, 0.2) is 24.3 Å². The second kappa shape index (κ2) is 9.50. The van der Waals surface area contributed by atoms with Gasteiger partial charge in [-0.25, -0.2) is 4.79 Å². The number of hydrogen-bond acceptors (Lipinski definition) is 6. The number of hydrogen-bond donors (Lipinski definition) is 2. The summed E-state index contributed by atoms with van der Waals surface area (Å²) in [6.07, 6.45) is -0.291. The Morgan fingerprint density at radius 1 is 1.23 bits per heavy atom. The first-order valence-electron chi connectivity index (χ1n) is 8.10. The maximum absolute atomic E-state index is 12.0. The van der Waals surface area contributed by atoms with Gasteiger partial charge in [-0.1, -0.05) is 26.0 Å². The number of nitro groups is 1. The van der Waals surface area contributed by atoms with Crippen LogP contribution in [-0.4, -0.2) is 40.5 Å². The summed E-state index contributed by atoms with van der Waals surface area (Å²) in [5.41, 5.74) is 0.210. The van der Waals surface area contributed by atoms with Crippen molar-refractivity contribution in [1.82, 2.24) is 5.32 Å². The molecule has 0 bridgehead atoms. The number of carbonyl (C=O) groups is 3. The van der Waals surface area contributed by atoms with Crippen molar-refractivity contribution in [3.05, 3.63) is 39.9 Å². The third-order valence-corrected chi connectivity index (χ3v) is 3.71. The highest BCUT2D eigenvalue weighted by molar-refractivity contribution is 5.86. The van der Waals surface area contributed by atoms with Crippen LogP contribution in [-0.2, 0) is 19.1 Å². The van der Waals surface area contributed by atoms with Crippen LogP contribution in [0, 0.1) is 16.0 Å². The minimum Gasteiger partial charge on any atom is -0.480 e. The highest BCUT2D eigenvalue weighted by atomic mass is 16.6. The minimum atomic E-state index is -1.38. The number of benzene rings is 1. The van der Waals surface area contributed by atoms with Crippen LogP contribution >= 0.6 is 0 Å². The maximum Gasteiger partial charge on any atom is 0.326 e. The number of nitrogens with one attached hydrogen (secondary N) is 1. The molecule has 1 aromatic rings. The first-order valence-corrected chi connectivity index (χ1v) is 8.10. The van der Waals surface area contributed by atoms with Crippen molar-refractivity contribution in [2.75, 3.05) is 6.61 Å². The fourth-order valence-electron chi connectivity index (χ4n) is 2.33. The zero-order valence-electron chi connectivity index (χ0n) is 14.8. The average molecular weight is 366 g/mol. The van der Waals surface area contributed by atoms with E-state index in [1.807, 2.05) is 0 Å². The minimum absolute atomic E-state index is 0.127. The second-order valence-electron chi connectivity index (χ2n) is 5.94. The number of amides is 1. The summed E-state index contributed by atoms with van der Waals surface area (Å²) < 4.78 is 4.89. The fourth-order valence-corrected chi connectivity index (χ4v) is 2.33. The molecule has 0 aromatic heterocycles. The van der Waals surface area contributed by atoms with Crippen molar-refractivity contribution < 1.29 is 29.2 Å². The van der Waals surface area contributed by atoms with E-state index >= 15 is 0 Å². The van der Waals surface area contributed by atoms with E-state index in [9.17, 15) is 29.6 Å². The fraction of sp³-hybridized carbons (Fsp3) is 0.471. The topological polar surface area (TPSA) is 136 Å². The van der Waals surface area contributed by atoms with Gasteiger partial charge in [-0.15, -0.1) is 0 Å². The first kappa shape index (κ1) is 21.1. The Hall–Kier alpha value is -2.97. The van der Waals surface area contributed by atoms with Gasteiger partial charge in [0.25, 0.3) is 5.69 Å². The standard InChI is InChI=1S/C17H22N2O7/c1-4-26-14(20)9-13(11-5-7-12(8-6-11)19(24)25)15(17(22)23)18-16(21)10(2)3/h5-8,10,13,15H,4,9H2,1-3H3,(H,18,21)(H,22,23)/t13-,15+/m0/s1. The van der Waals surface area contributed by atoms with Gasteiger partial charge in [-0.3, -0.25) is 19.7 Å². The number of nitrogens with zero attached hydrogens (tertiary/aromatic N) is 1. The predicted octanol–water partition coefficient (Wildman–Crippen LogP) is 1.86. The van der Waals surface area contributed by atoms with E-state index in [1.165, 1.54) is 24.3 Å². The zero-order valence-corrected chi connectivity index (χ0v) is 14.8. The number of aliphatic carboxylic acids is 1. The van der Waals surface area contributed by atoms with Crippen LogP contribution in [0.3, 0.4) is 0 Å². The Morgan fingerprint density at radius 2 is 1.81 bits per heavy atom. The number of ether oxygens (including phenoxy) is 1. The smallest absolute Gasteiger partial charge is 0.326 e. The van der Waals surface area contributed by atoms with E-state index in [4.69, 9.17) is 4.74 Å². The molecule has 0 aliphatic heterocycles. The van der Waals surface area contributed by atoms with Crippen molar-refractivity contribution in [3.63, 3.8) is 0 Å². The highest BCUT2D eigenvalue weighted by Crippen LogP contribution is 2.27. The molecule has 0 spiro atoms. The summed E-state index contributed by atoms with van der Waals surface area (Å²) in [6.45, 7) is 4.97. The van der Waals surface area contributed by atoms with Gasteiger partial charge in [0.2, 0.25) is 5.91 Å². The molecule has 0 aliphatic carbocycles. The summed E-state index contributed by atoms with van der Waals surface area (Å²) in [5.74, 6) is -3.80. The summed E-state index contributed by atoms with van der Waals surface area (Å²) in [5, 5.41) is 22.8. The third-order valence-electron chi connectivity index (χ3n) is 3.71. The van der Waals surface area contributed by atoms with E-state index < -0.39 is 40.6 Å². The molecule has 0 fully saturated rings. The summed E-state index contributed by atoms with van der Waals surface area (Å²) in [7, 11) is 0. The summed E-state index contributed by atoms with van der Waals surface area (Å²) >= 11 is 0. The molecular weight excluding hydrogens is 344 g/mol. The average Bonchev–Trinajstić information content (AvgIpc) is 2.57. The normalized spacial score (nSPS) is 12.9. The third kappa shape index (κ3) is 5.83. The maximum atomic E-state index is 12.0. The Bertz CT molecular complexity index is 670. The Balaban J connectivity index is 3.23. The van der Waals surface area contributed by atoms with Gasteiger partial charge in [0, 0.05) is 24.0 Å². The molecule has 2 atom stereocenters. The van der Waals surface area contributed by atoms with Crippen LogP contribution in [0.25, 0.3) is 0 Å². The monoisotopic (exact) mass is 366 g/mol. The van der Waals surface area contributed by atoms with Crippen molar-refractivity contribution in [1.29, 1.82) is 0 Å². The molecule has 0 aliphatic rings. The quantitative estimate of drug-likeness (QED) is 0.387. The number of esters is 1. The number of non-ortho nitro benzene ring substituents is 1. The van der Waals surface area contributed by atoms with Crippen LogP contribution in [0.2, 0.25) is 0 Å². The molecule has 0 radical (unpaired) electrons. The van der Waals surface area contributed by atoms with Gasteiger partial charge in [0.15, 0.2) is 0 Å². The van der Waals surface area contributed by atoms with Gasteiger partial charge < -0.3 is 15.2 Å². The van der Waals surface area contributed by atoms with E-state index in [1.54, 1.807) is 20.8 Å². The lowest BCUT2D eigenvalue weighted by molar-refractivity contribution is -0.384. The molecule has 1 aromatic carbocycles. The largest absolute Gasteiger partial charge is 0.480 e. The second-order valence-corrected chi connectivity index (χ2v) is 5.94. The van der Waals surface area contributed by atoms with Crippen molar-refractivity contribution >= 4 is 23.5 Å². The summed E-state index contributed by atoms with van der Waals surface area (Å²) in [4.78, 5) is 45.8. The van der Waals surface area contributed by atoms with Gasteiger partial charge in [-0.2, -0.15) is 0 Å². The van der Waals surface area contributed by atoms with Gasteiger partial charge in [0.05, 0.1) is 18.0 Å². The van der Waals surface area contributed by atoms with E-state index in [0.29, 0.717) is 5.56 Å².